The normalized spacial score (nSPS) is 21.3. The molecule has 76 heavy (non-hydrogen) atoms. The lowest BCUT2D eigenvalue weighted by atomic mass is 9.73. The Hall–Kier alpha value is -9.75. The average molecular weight is 1070 g/mol. The first-order valence-electron chi connectivity index (χ1n) is 21.5. The third-order valence-electron chi connectivity index (χ3n) is 13.2. The first-order chi connectivity index (χ1) is 35.7. The lowest BCUT2D eigenvalue weighted by Crippen LogP contribution is -2.59. The van der Waals surface area contributed by atoms with Crippen molar-refractivity contribution >= 4 is 29.8 Å². The number of ether oxygens (including phenoxy) is 5. The highest BCUT2D eigenvalue weighted by Gasteiger charge is 2.58. The van der Waals surface area contributed by atoms with E-state index in [9.17, 15) is 121 Å². The van der Waals surface area contributed by atoms with Crippen molar-refractivity contribution in [1.82, 2.24) is 0 Å². The Labute approximate surface area is 418 Å². The molecule has 6 bridgehead atoms. The Morgan fingerprint density at radius 3 is 1.28 bits per heavy atom. The number of hydrogen-bond donors (Lipinski definition) is 20. The van der Waals surface area contributed by atoms with Gasteiger partial charge in [0.2, 0.25) is 28.7 Å². The average Bonchev–Trinajstić information content (AvgIpc) is 3.50. The van der Waals surface area contributed by atoms with E-state index >= 15 is 4.79 Å². The zero-order valence-corrected chi connectivity index (χ0v) is 37.4. The summed E-state index contributed by atoms with van der Waals surface area (Å²) in [4.78, 5) is 74.1. The van der Waals surface area contributed by atoms with Crippen LogP contribution in [0.3, 0.4) is 0 Å². The van der Waals surface area contributed by atoms with Crippen LogP contribution in [0.15, 0.2) is 18.2 Å². The number of esters is 5. The Bertz CT molecular complexity index is 3440. The molecule has 5 heterocycles. The van der Waals surface area contributed by atoms with Gasteiger partial charge in [0.15, 0.2) is 81.9 Å². The van der Waals surface area contributed by atoms with Crippen LogP contribution >= 0.6 is 0 Å². The van der Waals surface area contributed by atoms with E-state index in [0.29, 0.717) is 6.07 Å². The van der Waals surface area contributed by atoms with Crippen molar-refractivity contribution in [3.8, 4) is 120 Å². The number of hydrogen-bond acceptors (Lipinski definition) is 30. The fraction of sp³-hybridized carbons (Fsp3) is 0.239. The summed E-state index contributed by atoms with van der Waals surface area (Å²) < 4.78 is 28.4. The number of carbonyl (C=O) groups is 5. The summed E-state index contributed by atoms with van der Waals surface area (Å²) in [5.41, 5.74) is -16.3. The molecular formula is C46H36O30. The summed E-state index contributed by atoms with van der Waals surface area (Å²) in [5.74, 6) is -36.9. The molecule has 30 nitrogen and oxygen atoms in total. The summed E-state index contributed by atoms with van der Waals surface area (Å²) in [6, 6.07) is 0.895. The number of aromatic hydroxyl groups is 15. The molecule has 5 aliphatic heterocycles. The van der Waals surface area contributed by atoms with Crippen LogP contribution < -0.4 is 0 Å². The molecule has 9 atom stereocenters. The first-order valence-corrected chi connectivity index (χ1v) is 21.5. The maximum absolute atomic E-state index is 15.4. The lowest BCUT2D eigenvalue weighted by Gasteiger charge is -2.44. The number of aliphatic hydroxyl groups excluding tert-OH is 5. The minimum absolute atomic E-state index is 0.264. The number of phenolic OH excluding ortho intramolecular Hbond substituents is 15. The zero-order valence-electron chi connectivity index (χ0n) is 37.4. The first kappa shape index (κ1) is 51.2. The van der Waals surface area contributed by atoms with Gasteiger partial charge in [-0.25, -0.2) is 24.0 Å². The molecule has 0 amide bonds. The molecule has 400 valence electrons. The van der Waals surface area contributed by atoms with Gasteiger partial charge in [0, 0.05) is 38.9 Å². The molecule has 0 saturated carbocycles. The fourth-order valence-electron chi connectivity index (χ4n) is 9.57. The van der Waals surface area contributed by atoms with Crippen molar-refractivity contribution in [2.45, 2.75) is 54.7 Å². The van der Waals surface area contributed by atoms with Gasteiger partial charge in [0.1, 0.15) is 24.9 Å². The Morgan fingerprint density at radius 2 is 0.776 bits per heavy atom. The maximum Gasteiger partial charge on any atom is 0.340 e. The molecule has 20 N–H and O–H groups in total. The van der Waals surface area contributed by atoms with E-state index in [1.807, 2.05) is 0 Å². The van der Waals surface area contributed by atoms with Crippen LogP contribution in [0.5, 0.6) is 86.2 Å². The summed E-state index contributed by atoms with van der Waals surface area (Å²) in [6.07, 6.45) is -22.6. The molecule has 0 aromatic heterocycles. The predicted molar refractivity (Wildman–Crippen MR) is 235 cm³/mol. The molecule has 10 rings (SSSR count). The van der Waals surface area contributed by atoms with Crippen LogP contribution in [0.2, 0.25) is 0 Å². The lowest BCUT2D eigenvalue weighted by molar-refractivity contribution is -0.161. The SMILES string of the molecule is O=C1OCC2OC(=O)c3cc(O)c(O)c(O)c3-c3c(O)c(O)c(O)c4c3C(=O)OC(C2OC(=O)c2cc(O)c(O)c(O)c2-c2c1cc(O)c(O)c2O)C1OC(=O)c2c-4c(O)c(O)c(O)c2[C@@H]1C(O)C(O)C(O)C(O)CO. The molecule has 8 unspecified atom stereocenters. The number of rotatable bonds is 5. The molecule has 0 aliphatic carbocycles. The van der Waals surface area contributed by atoms with E-state index in [-0.39, 0.29) is 12.1 Å². The van der Waals surface area contributed by atoms with E-state index in [1.165, 1.54) is 0 Å². The summed E-state index contributed by atoms with van der Waals surface area (Å²) in [5, 5.41) is 222. The van der Waals surface area contributed by atoms with Crippen molar-refractivity contribution in [2.75, 3.05) is 13.2 Å². The topological polar surface area (TPSA) is 536 Å². The molecule has 0 radical (unpaired) electrons. The largest absolute Gasteiger partial charge is 0.504 e. The molecule has 5 aromatic rings. The highest BCUT2D eigenvalue weighted by atomic mass is 16.6. The number of phenols is 15. The van der Waals surface area contributed by atoms with Crippen molar-refractivity contribution in [1.29, 1.82) is 0 Å². The molecule has 5 aromatic carbocycles. The van der Waals surface area contributed by atoms with E-state index in [1.54, 1.807) is 0 Å². The second kappa shape index (κ2) is 17.7. The van der Waals surface area contributed by atoms with Crippen molar-refractivity contribution in [2.24, 2.45) is 0 Å². The van der Waals surface area contributed by atoms with Crippen molar-refractivity contribution in [3.05, 3.63) is 51.6 Å². The van der Waals surface area contributed by atoms with Crippen LogP contribution in [-0.4, -0.2) is 194 Å². The van der Waals surface area contributed by atoms with Gasteiger partial charge in [-0.2, -0.15) is 0 Å². The predicted octanol–water partition coefficient (Wildman–Crippen LogP) is -1.20. The van der Waals surface area contributed by atoms with Crippen LogP contribution in [0.4, 0.5) is 0 Å². The van der Waals surface area contributed by atoms with Crippen molar-refractivity contribution in [3.63, 3.8) is 0 Å². The summed E-state index contributed by atoms with van der Waals surface area (Å²) in [7, 11) is 0. The van der Waals surface area contributed by atoms with Gasteiger partial charge in [-0.05, 0) is 18.2 Å². The van der Waals surface area contributed by atoms with Gasteiger partial charge in [-0.1, -0.05) is 0 Å². The van der Waals surface area contributed by atoms with Crippen LogP contribution in [-0.2, 0) is 23.7 Å². The van der Waals surface area contributed by atoms with E-state index in [4.69, 9.17) is 23.7 Å². The number of benzene rings is 5. The number of aliphatic hydroxyl groups is 5. The molecule has 0 saturated heterocycles. The van der Waals surface area contributed by atoms with Crippen molar-refractivity contribution < 1.29 is 150 Å². The molecule has 0 spiro atoms. The fourth-order valence-corrected chi connectivity index (χ4v) is 9.57. The minimum atomic E-state index is -3.04. The Kier molecular flexibility index (Phi) is 11.9. The maximum atomic E-state index is 15.4. The van der Waals surface area contributed by atoms with Gasteiger partial charge >= 0.3 is 29.8 Å². The molecular weight excluding hydrogens is 1030 g/mol. The highest BCUT2D eigenvalue weighted by molar-refractivity contribution is 6.16. The number of carbonyl (C=O) groups excluding carboxylic acids is 5. The van der Waals surface area contributed by atoms with E-state index in [0.717, 1.165) is 0 Å². The van der Waals surface area contributed by atoms with E-state index < -0.39 is 251 Å². The smallest absolute Gasteiger partial charge is 0.340 e. The highest BCUT2D eigenvalue weighted by Crippen LogP contribution is 2.62. The molecule has 0 fully saturated rings. The van der Waals surface area contributed by atoms with Crippen LogP contribution in [0, 0.1) is 0 Å². The monoisotopic (exact) mass is 1070 g/mol. The third-order valence-corrected chi connectivity index (χ3v) is 13.2. The third kappa shape index (κ3) is 7.18. The second-order valence-electron chi connectivity index (χ2n) is 17.3. The summed E-state index contributed by atoms with van der Waals surface area (Å²) >= 11 is 0. The molecule has 30 heteroatoms. The Balaban J connectivity index is 1.47. The van der Waals surface area contributed by atoms with Crippen LogP contribution in [0.25, 0.3) is 33.4 Å². The quantitative estimate of drug-likeness (QED) is 0.0559. The van der Waals surface area contributed by atoms with Gasteiger partial charge < -0.3 is 126 Å². The second-order valence-corrected chi connectivity index (χ2v) is 17.3. The minimum Gasteiger partial charge on any atom is -0.504 e. The number of fused-ring (bicyclic) bond motifs is 7. The zero-order chi connectivity index (χ0) is 55.7. The van der Waals surface area contributed by atoms with Gasteiger partial charge in [-0.15, -0.1) is 0 Å². The van der Waals surface area contributed by atoms with Crippen LogP contribution in [0.1, 0.15) is 63.3 Å². The molecule has 5 aliphatic rings. The van der Waals surface area contributed by atoms with Gasteiger partial charge in [0.05, 0.1) is 46.4 Å². The van der Waals surface area contributed by atoms with Gasteiger partial charge in [-0.3, -0.25) is 0 Å². The summed E-state index contributed by atoms with van der Waals surface area (Å²) in [6.45, 7) is -3.00. The standard InChI is InChI=1S/C46H36O30/c47-4-12(51)27(55)36(64)35(63)23-20-22-19(33(61)38(66)34(20)62)18-21-17(31(59)37(65)32(18)60)16-8(3-11(50)26(54)30(16)58)43(68)73-13-5-72-42(67)6-1-9(48)24(52)28(56)14(6)15-7(2-10(49)25(53)29(15)57)44(69)74-39(13)41(76-46(21)71)40(23)75-45(22)70/h1-3,12-13,23,27,35-36,39-41,47-66H,4-5H2/t12?,13?,23-,27?,35?,36?,39?,40?,41?/m1/s1. The van der Waals surface area contributed by atoms with Gasteiger partial charge in [0.25, 0.3) is 0 Å². The Morgan fingerprint density at radius 1 is 0.395 bits per heavy atom. The van der Waals surface area contributed by atoms with E-state index in [2.05, 4.69) is 0 Å². The number of cyclic esters (lactones) is 1.